The fourth-order valence-corrected chi connectivity index (χ4v) is 3.34. The number of anilines is 2. The van der Waals surface area contributed by atoms with Gasteiger partial charge in [0.05, 0.1) is 13.2 Å². The van der Waals surface area contributed by atoms with Gasteiger partial charge >= 0.3 is 0 Å². The van der Waals surface area contributed by atoms with Crippen LogP contribution < -0.4 is 15.1 Å². The second-order valence-electron chi connectivity index (χ2n) is 6.43. The molecule has 1 aromatic heterocycles. The third-order valence-electron chi connectivity index (χ3n) is 4.27. The van der Waals surface area contributed by atoms with Crippen LogP contribution in [0.1, 0.15) is 13.8 Å². The van der Waals surface area contributed by atoms with E-state index in [9.17, 15) is 0 Å². The topological polar surface area (TPSA) is 56.8 Å². The van der Waals surface area contributed by atoms with Crippen molar-refractivity contribution in [2.45, 2.75) is 19.9 Å². The zero-order valence-electron chi connectivity index (χ0n) is 14.4. The van der Waals surface area contributed by atoms with Crippen LogP contribution in [-0.4, -0.2) is 78.7 Å². The fraction of sp³-hybridized carbons (Fsp3) is 0.688. The van der Waals surface area contributed by atoms with Gasteiger partial charge in [-0.2, -0.15) is 0 Å². The highest BCUT2D eigenvalue weighted by atomic mass is 32.1. The summed E-state index contributed by atoms with van der Waals surface area (Å²) in [7, 11) is 0. The number of hydrogen-bond acceptors (Lipinski definition) is 6. The minimum absolute atomic E-state index is 0.370. The second-order valence-corrected chi connectivity index (χ2v) is 6.81. The summed E-state index contributed by atoms with van der Waals surface area (Å²) in [5.41, 5.74) is 0. The Morgan fingerprint density at radius 2 is 1.54 bits per heavy atom. The summed E-state index contributed by atoms with van der Waals surface area (Å²) in [5.74, 6) is 1.87. The monoisotopic (exact) mass is 350 g/mol. The first-order chi connectivity index (χ1) is 11.6. The lowest BCUT2D eigenvalue weighted by Crippen LogP contribution is -2.53. The van der Waals surface area contributed by atoms with Gasteiger partial charge in [-0.05, 0) is 38.2 Å². The molecule has 1 aromatic rings. The van der Waals surface area contributed by atoms with Crippen molar-refractivity contribution < 1.29 is 4.74 Å². The molecule has 0 saturated carbocycles. The third kappa shape index (κ3) is 4.24. The number of piperazine rings is 1. The average Bonchev–Trinajstić information content (AvgIpc) is 2.62. The zero-order valence-corrected chi connectivity index (χ0v) is 15.3. The molecule has 3 heterocycles. The van der Waals surface area contributed by atoms with Crippen molar-refractivity contribution in [1.82, 2.24) is 20.4 Å². The third-order valence-corrected chi connectivity index (χ3v) is 4.65. The Hall–Kier alpha value is -1.67. The van der Waals surface area contributed by atoms with Crippen molar-refractivity contribution in [2.75, 3.05) is 62.3 Å². The van der Waals surface area contributed by atoms with Crippen LogP contribution in [0.2, 0.25) is 0 Å². The van der Waals surface area contributed by atoms with Crippen LogP contribution in [-0.2, 0) is 4.74 Å². The van der Waals surface area contributed by atoms with Crippen LogP contribution in [0.3, 0.4) is 0 Å². The molecular formula is C16H26N6OS. The Labute approximate surface area is 149 Å². The van der Waals surface area contributed by atoms with E-state index in [1.54, 1.807) is 0 Å². The number of rotatable bonds is 3. The first-order valence-corrected chi connectivity index (χ1v) is 9.01. The highest BCUT2D eigenvalue weighted by Crippen LogP contribution is 2.17. The maximum atomic E-state index is 5.45. The van der Waals surface area contributed by atoms with Crippen molar-refractivity contribution >= 4 is 29.0 Å². The number of aromatic nitrogens is 2. The first-order valence-electron chi connectivity index (χ1n) is 8.60. The Morgan fingerprint density at radius 3 is 2.04 bits per heavy atom. The Bertz CT molecular complexity index is 538. The summed E-state index contributed by atoms with van der Waals surface area (Å²) in [6.45, 7) is 11.1. The molecule has 0 aliphatic carbocycles. The van der Waals surface area contributed by atoms with Gasteiger partial charge in [-0.1, -0.05) is 0 Å². The standard InChI is InChI=1S/C16H26N6OS/c1-13(2)17-16(24)22-7-5-20(6-8-22)14-3-4-15(19-18-14)21-9-11-23-12-10-21/h3-4,13H,5-12H2,1-2H3,(H,17,24). The van der Waals surface area contributed by atoms with Crippen LogP contribution >= 0.6 is 12.2 Å². The zero-order chi connectivity index (χ0) is 16.9. The van der Waals surface area contributed by atoms with E-state index in [0.29, 0.717) is 6.04 Å². The van der Waals surface area contributed by atoms with Gasteiger partial charge in [-0.15, -0.1) is 10.2 Å². The van der Waals surface area contributed by atoms with Crippen molar-refractivity contribution in [3.8, 4) is 0 Å². The highest BCUT2D eigenvalue weighted by Gasteiger charge is 2.21. The van der Waals surface area contributed by atoms with Crippen molar-refractivity contribution in [2.24, 2.45) is 0 Å². The van der Waals surface area contributed by atoms with Gasteiger partial charge in [-0.25, -0.2) is 0 Å². The predicted octanol–water partition coefficient (Wildman–Crippen LogP) is 0.718. The van der Waals surface area contributed by atoms with Crippen molar-refractivity contribution in [1.29, 1.82) is 0 Å². The summed E-state index contributed by atoms with van der Waals surface area (Å²) in [5, 5.41) is 13.0. The average molecular weight is 350 g/mol. The molecule has 0 atom stereocenters. The predicted molar refractivity (Wildman–Crippen MR) is 99.7 cm³/mol. The van der Waals surface area contributed by atoms with Crippen LogP contribution in [0.25, 0.3) is 0 Å². The molecule has 2 aliphatic rings. The van der Waals surface area contributed by atoms with Gasteiger partial charge in [0.1, 0.15) is 0 Å². The second kappa shape index (κ2) is 7.94. The molecule has 7 nitrogen and oxygen atoms in total. The molecule has 8 heteroatoms. The van der Waals surface area contributed by atoms with E-state index >= 15 is 0 Å². The van der Waals surface area contributed by atoms with Gasteiger partial charge in [0.2, 0.25) is 0 Å². The summed E-state index contributed by atoms with van der Waals surface area (Å²) >= 11 is 5.45. The normalized spacial score (nSPS) is 18.9. The molecule has 2 saturated heterocycles. The van der Waals surface area contributed by atoms with Crippen LogP contribution in [0, 0.1) is 0 Å². The molecule has 0 bridgehead atoms. The number of morpholine rings is 1. The number of nitrogens with one attached hydrogen (secondary N) is 1. The van der Waals surface area contributed by atoms with E-state index in [1.165, 1.54) is 0 Å². The molecule has 0 amide bonds. The number of hydrogen-bond donors (Lipinski definition) is 1. The minimum atomic E-state index is 0.370. The first kappa shape index (κ1) is 17.2. The number of thiocarbonyl (C=S) groups is 1. The van der Waals surface area contributed by atoms with E-state index in [-0.39, 0.29) is 0 Å². The van der Waals surface area contributed by atoms with Crippen LogP contribution in [0.5, 0.6) is 0 Å². The molecule has 2 aliphatic heterocycles. The quantitative estimate of drug-likeness (QED) is 0.801. The van der Waals surface area contributed by atoms with Crippen molar-refractivity contribution in [3.05, 3.63) is 12.1 Å². The lowest BCUT2D eigenvalue weighted by atomic mass is 10.3. The summed E-state index contributed by atoms with van der Waals surface area (Å²) in [6, 6.07) is 4.50. The van der Waals surface area contributed by atoms with E-state index in [4.69, 9.17) is 17.0 Å². The van der Waals surface area contributed by atoms with Gasteiger partial charge in [0.15, 0.2) is 16.7 Å². The molecule has 132 valence electrons. The lowest BCUT2D eigenvalue weighted by Gasteiger charge is -2.37. The van der Waals surface area contributed by atoms with Gasteiger partial charge < -0.3 is 24.8 Å². The van der Waals surface area contributed by atoms with Crippen molar-refractivity contribution in [3.63, 3.8) is 0 Å². The molecule has 0 unspecified atom stereocenters. The fourth-order valence-electron chi connectivity index (χ4n) is 2.92. The molecule has 0 aromatic carbocycles. The Kier molecular flexibility index (Phi) is 5.68. The smallest absolute Gasteiger partial charge is 0.169 e. The molecule has 3 rings (SSSR count). The lowest BCUT2D eigenvalue weighted by molar-refractivity contribution is 0.122. The molecule has 24 heavy (non-hydrogen) atoms. The molecular weight excluding hydrogens is 324 g/mol. The van der Waals surface area contributed by atoms with Gasteiger partial charge in [0, 0.05) is 45.3 Å². The molecule has 1 N–H and O–H groups in total. The van der Waals surface area contributed by atoms with Crippen LogP contribution in [0.15, 0.2) is 12.1 Å². The summed E-state index contributed by atoms with van der Waals surface area (Å²) < 4.78 is 5.37. The Morgan fingerprint density at radius 1 is 1.00 bits per heavy atom. The van der Waals surface area contributed by atoms with Gasteiger partial charge in [0.25, 0.3) is 0 Å². The minimum Gasteiger partial charge on any atom is -0.378 e. The maximum Gasteiger partial charge on any atom is 0.169 e. The Balaban J connectivity index is 1.53. The van der Waals surface area contributed by atoms with E-state index in [1.807, 2.05) is 0 Å². The largest absolute Gasteiger partial charge is 0.378 e. The SMILES string of the molecule is CC(C)NC(=S)N1CCN(c2ccc(N3CCOCC3)nn2)CC1. The van der Waals surface area contributed by atoms with Crippen LogP contribution in [0.4, 0.5) is 11.6 Å². The summed E-state index contributed by atoms with van der Waals surface area (Å²) in [6.07, 6.45) is 0. The van der Waals surface area contributed by atoms with Gasteiger partial charge in [-0.3, -0.25) is 0 Å². The van der Waals surface area contributed by atoms with E-state index in [2.05, 4.69) is 56.2 Å². The number of ether oxygens (including phenoxy) is 1. The maximum absolute atomic E-state index is 5.45. The highest BCUT2D eigenvalue weighted by molar-refractivity contribution is 7.80. The molecule has 2 fully saturated rings. The summed E-state index contributed by atoms with van der Waals surface area (Å²) in [4.78, 5) is 6.71. The molecule has 0 radical (unpaired) electrons. The molecule has 0 spiro atoms. The number of nitrogens with zero attached hydrogens (tertiary/aromatic N) is 5. The van der Waals surface area contributed by atoms with E-state index in [0.717, 1.165) is 69.2 Å². The van der Waals surface area contributed by atoms with E-state index < -0.39 is 0 Å².